The molecule has 1 N–H and O–H groups in total. The first-order chi connectivity index (χ1) is 12.4. The zero-order valence-corrected chi connectivity index (χ0v) is 14.4. The molecule has 7 nitrogen and oxygen atoms in total. The number of carbonyl (C=O) groups is 2. The van der Waals surface area contributed by atoms with Crippen LogP contribution in [0.25, 0.3) is 0 Å². The second kappa shape index (κ2) is 8.93. The summed E-state index contributed by atoms with van der Waals surface area (Å²) in [5.41, 5.74) is 1.01. The summed E-state index contributed by atoms with van der Waals surface area (Å²) in [6.45, 7) is -0.686. The zero-order chi connectivity index (χ0) is 19.1. The summed E-state index contributed by atoms with van der Waals surface area (Å²) in [6, 6.07) is 5.79. The fourth-order valence-electron chi connectivity index (χ4n) is 2.43. The highest BCUT2D eigenvalue weighted by Crippen LogP contribution is 2.20. The molecule has 9 heteroatoms. The molecule has 0 radical (unpaired) electrons. The summed E-state index contributed by atoms with van der Waals surface area (Å²) in [5, 5.41) is 2.66. The molecule has 1 unspecified atom stereocenters. The highest BCUT2D eigenvalue weighted by atomic mass is 19.3. The van der Waals surface area contributed by atoms with E-state index in [1.54, 1.807) is 43.0 Å². The van der Waals surface area contributed by atoms with E-state index in [4.69, 9.17) is 4.74 Å². The van der Waals surface area contributed by atoms with Crippen LogP contribution in [0.1, 0.15) is 17.3 Å². The lowest BCUT2D eigenvalue weighted by atomic mass is 10.1. The Kier molecular flexibility index (Phi) is 6.65. The maximum atomic E-state index is 12.8. The molecule has 0 saturated heterocycles. The molecule has 140 valence electrons. The van der Waals surface area contributed by atoms with Gasteiger partial charge in [0.15, 0.2) is 6.04 Å². The second-order valence-electron chi connectivity index (χ2n) is 5.63. The van der Waals surface area contributed by atoms with E-state index in [0.29, 0.717) is 5.75 Å². The second-order valence-corrected chi connectivity index (χ2v) is 5.63. The summed E-state index contributed by atoms with van der Waals surface area (Å²) < 4.78 is 32.2. The van der Waals surface area contributed by atoms with Crippen LogP contribution in [-0.2, 0) is 23.2 Å². The van der Waals surface area contributed by atoms with Crippen molar-refractivity contribution in [1.29, 1.82) is 0 Å². The zero-order valence-electron chi connectivity index (χ0n) is 14.4. The van der Waals surface area contributed by atoms with Gasteiger partial charge in [-0.15, -0.1) is 0 Å². The van der Waals surface area contributed by atoms with E-state index >= 15 is 0 Å². The maximum absolute atomic E-state index is 12.8. The number of carbonyl (C=O) groups excluding carboxylic acids is 2. The minimum absolute atomic E-state index is 0.174. The minimum Gasteiger partial charge on any atom is -0.497 e. The number of amides is 2. The minimum atomic E-state index is -2.76. The van der Waals surface area contributed by atoms with Crippen molar-refractivity contribution in [3.8, 4) is 5.75 Å². The number of hydrogen-bond donors (Lipinski definition) is 1. The van der Waals surface area contributed by atoms with Crippen LogP contribution in [0.4, 0.5) is 8.78 Å². The summed E-state index contributed by atoms with van der Waals surface area (Å²) in [7, 11) is 3.23. The van der Waals surface area contributed by atoms with Crippen molar-refractivity contribution in [2.24, 2.45) is 7.05 Å². The Bertz CT molecular complexity index is 734. The van der Waals surface area contributed by atoms with Crippen LogP contribution in [0.3, 0.4) is 0 Å². The van der Waals surface area contributed by atoms with Gasteiger partial charge in [0.05, 0.1) is 25.7 Å². The summed E-state index contributed by atoms with van der Waals surface area (Å²) in [4.78, 5) is 28.7. The molecule has 1 aromatic carbocycles. The van der Waals surface area contributed by atoms with E-state index < -0.39 is 24.9 Å². The SMILES string of the molecule is COc1ccc(CNC(=O)C(c2cn(C)cn2)N(C=O)CC(F)F)cc1. The number of methoxy groups -OCH3 is 1. The van der Waals surface area contributed by atoms with Gasteiger partial charge in [-0.05, 0) is 17.7 Å². The van der Waals surface area contributed by atoms with E-state index in [1.807, 2.05) is 0 Å². The third-order valence-corrected chi connectivity index (χ3v) is 3.70. The molecule has 0 aliphatic rings. The van der Waals surface area contributed by atoms with E-state index in [9.17, 15) is 18.4 Å². The van der Waals surface area contributed by atoms with Crippen molar-refractivity contribution in [1.82, 2.24) is 19.8 Å². The number of hydrogen-bond acceptors (Lipinski definition) is 4. The number of imidazole rings is 1. The van der Waals surface area contributed by atoms with Gasteiger partial charge in [0.1, 0.15) is 5.75 Å². The largest absolute Gasteiger partial charge is 0.497 e. The van der Waals surface area contributed by atoms with Gasteiger partial charge in [-0.3, -0.25) is 9.59 Å². The van der Waals surface area contributed by atoms with Crippen molar-refractivity contribution in [3.05, 3.63) is 48.0 Å². The molecular formula is C17H20F2N4O3. The van der Waals surface area contributed by atoms with Crippen molar-refractivity contribution in [2.45, 2.75) is 19.0 Å². The predicted octanol–water partition coefficient (Wildman–Crippen LogP) is 1.51. The van der Waals surface area contributed by atoms with Gasteiger partial charge in [-0.2, -0.15) is 0 Å². The monoisotopic (exact) mass is 366 g/mol. The Labute approximate surface area is 149 Å². The fourth-order valence-corrected chi connectivity index (χ4v) is 2.43. The highest BCUT2D eigenvalue weighted by molar-refractivity contribution is 5.84. The molecule has 1 heterocycles. The lowest BCUT2D eigenvalue weighted by Crippen LogP contribution is -2.42. The number of aryl methyl sites for hydroxylation is 1. The molecule has 2 amide bonds. The summed E-state index contributed by atoms with van der Waals surface area (Å²) in [6.07, 6.45) is 0.420. The third kappa shape index (κ3) is 5.01. The lowest BCUT2D eigenvalue weighted by Gasteiger charge is -2.25. The van der Waals surface area contributed by atoms with Crippen LogP contribution in [0.5, 0.6) is 5.75 Å². The molecule has 0 saturated carbocycles. The molecule has 1 atom stereocenters. The van der Waals surface area contributed by atoms with Crippen molar-refractivity contribution >= 4 is 12.3 Å². The summed E-state index contributed by atoms with van der Waals surface area (Å²) >= 11 is 0. The predicted molar refractivity (Wildman–Crippen MR) is 89.6 cm³/mol. The van der Waals surface area contributed by atoms with Crippen molar-refractivity contribution in [3.63, 3.8) is 0 Å². The first-order valence-corrected chi connectivity index (χ1v) is 7.82. The summed E-state index contributed by atoms with van der Waals surface area (Å²) in [5.74, 6) is 0.0859. The molecule has 0 aliphatic carbocycles. The molecule has 0 aliphatic heterocycles. The van der Waals surface area contributed by atoms with Gasteiger partial charge in [0, 0.05) is 19.8 Å². The fraction of sp³-hybridized carbons (Fsp3) is 0.353. The maximum Gasteiger partial charge on any atom is 0.255 e. The number of nitrogens with zero attached hydrogens (tertiary/aromatic N) is 3. The molecule has 26 heavy (non-hydrogen) atoms. The van der Waals surface area contributed by atoms with Gasteiger partial charge in [-0.25, -0.2) is 13.8 Å². The van der Waals surface area contributed by atoms with E-state index in [1.165, 1.54) is 12.5 Å². The topological polar surface area (TPSA) is 76.5 Å². The van der Waals surface area contributed by atoms with E-state index in [0.717, 1.165) is 10.5 Å². The van der Waals surface area contributed by atoms with Crippen LogP contribution >= 0.6 is 0 Å². The van der Waals surface area contributed by atoms with Gasteiger partial charge >= 0.3 is 0 Å². The van der Waals surface area contributed by atoms with Gasteiger partial charge in [0.25, 0.3) is 6.43 Å². The number of alkyl halides is 2. The Hall–Kier alpha value is -2.97. The smallest absolute Gasteiger partial charge is 0.255 e. The van der Waals surface area contributed by atoms with Crippen LogP contribution in [0.2, 0.25) is 0 Å². The van der Waals surface area contributed by atoms with Crippen molar-refractivity contribution < 1.29 is 23.1 Å². The normalized spacial score (nSPS) is 11.9. The van der Waals surface area contributed by atoms with E-state index in [2.05, 4.69) is 10.3 Å². The van der Waals surface area contributed by atoms with Crippen LogP contribution in [0, 0.1) is 0 Å². The molecule has 0 bridgehead atoms. The molecule has 2 rings (SSSR count). The van der Waals surface area contributed by atoms with Crippen LogP contribution in [0.15, 0.2) is 36.8 Å². The lowest BCUT2D eigenvalue weighted by molar-refractivity contribution is -0.135. The third-order valence-electron chi connectivity index (χ3n) is 3.70. The standard InChI is InChI=1S/C17H20F2N4O3/c1-22-8-14(21-10-22)16(23(11-24)9-15(18)19)17(25)20-7-12-3-5-13(26-2)6-4-12/h3-6,8,10-11,15-16H,7,9H2,1-2H3,(H,20,25). The number of nitrogens with one attached hydrogen (secondary N) is 1. The Morgan fingerprint density at radius 1 is 1.38 bits per heavy atom. The number of rotatable bonds is 9. The van der Waals surface area contributed by atoms with Gasteiger partial charge in [-0.1, -0.05) is 12.1 Å². The Morgan fingerprint density at radius 3 is 2.58 bits per heavy atom. The number of ether oxygens (including phenoxy) is 1. The number of halogens is 2. The highest BCUT2D eigenvalue weighted by Gasteiger charge is 2.30. The van der Waals surface area contributed by atoms with Gasteiger partial charge in [0.2, 0.25) is 12.3 Å². The first-order valence-electron chi connectivity index (χ1n) is 7.82. The van der Waals surface area contributed by atoms with Crippen LogP contribution in [-0.4, -0.2) is 46.8 Å². The number of aromatic nitrogens is 2. The molecule has 1 aromatic heterocycles. The average molecular weight is 366 g/mol. The Morgan fingerprint density at radius 2 is 2.08 bits per heavy atom. The van der Waals surface area contributed by atoms with E-state index in [-0.39, 0.29) is 18.6 Å². The number of benzene rings is 1. The Balaban J connectivity index is 2.14. The molecule has 2 aromatic rings. The van der Waals surface area contributed by atoms with Crippen LogP contribution < -0.4 is 10.1 Å². The van der Waals surface area contributed by atoms with Gasteiger partial charge < -0.3 is 19.5 Å². The average Bonchev–Trinajstić information content (AvgIpc) is 3.05. The quantitative estimate of drug-likeness (QED) is 0.683. The first kappa shape index (κ1) is 19.4. The molecule has 0 spiro atoms. The molecular weight excluding hydrogens is 346 g/mol. The molecule has 0 fully saturated rings. The van der Waals surface area contributed by atoms with Crippen molar-refractivity contribution in [2.75, 3.05) is 13.7 Å².